The maximum Gasteiger partial charge on any atom is 0.284 e. The van der Waals surface area contributed by atoms with Crippen molar-refractivity contribution in [3.8, 4) is 0 Å². The van der Waals surface area contributed by atoms with E-state index in [0.717, 1.165) is 13.0 Å². The molecule has 0 aliphatic heterocycles. The van der Waals surface area contributed by atoms with Crippen LogP contribution in [0, 0.1) is 10.1 Å². The zero-order valence-electron chi connectivity index (χ0n) is 12.4. The van der Waals surface area contributed by atoms with Crippen molar-refractivity contribution in [2.75, 3.05) is 20.1 Å². The molecule has 1 unspecified atom stereocenters. The minimum Gasteiger partial charge on any atom is -0.351 e. The maximum absolute atomic E-state index is 12.0. The maximum atomic E-state index is 12.0. The Morgan fingerprint density at radius 2 is 2.19 bits per heavy atom. The van der Waals surface area contributed by atoms with Gasteiger partial charge in [-0.3, -0.25) is 14.9 Å². The Hall–Kier alpha value is -1.47. The predicted molar refractivity (Wildman–Crippen MR) is 85.5 cm³/mol. The number of nitro groups is 1. The van der Waals surface area contributed by atoms with Crippen molar-refractivity contribution >= 4 is 27.5 Å². The summed E-state index contributed by atoms with van der Waals surface area (Å²) < 4.78 is 0.362. The number of rotatable bonds is 7. The monoisotopic (exact) mass is 357 g/mol. The minimum atomic E-state index is -0.516. The lowest BCUT2D eigenvalue weighted by Gasteiger charge is -2.23. The SMILES string of the molecule is CCC(C)N(C)CCNC(=O)c1ccc(Br)c([N+](=O)[O-])c1. The van der Waals surface area contributed by atoms with Gasteiger partial charge in [-0.25, -0.2) is 0 Å². The highest BCUT2D eigenvalue weighted by Gasteiger charge is 2.16. The van der Waals surface area contributed by atoms with E-state index < -0.39 is 4.92 Å². The molecule has 0 saturated heterocycles. The van der Waals surface area contributed by atoms with Gasteiger partial charge in [0, 0.05) is 30.8 Å². The third-order valence-electron chi connectivity index (χ3n) is 3.50. The van der Waals surface area contributed by atoms with Gasteiger partial charge in [-0.05, 0) is 48.5 Å². The molecule has 0 saturated carbocycles. The van der Waals surface area contributed by atoms with Crippen LogP contribution in [0.3, 0.4) is 0 Å². The van der Waals surface area contributed by atoms with E-state index in [-0.39, 0.29) is 17.2 Å². The molecule has 0 radical (unpaired) electrons. The minimum absolute atomic E-state index is 0.112. The third kappa shape index (κ3) is 5.09. The molecule has 1 aromatic carbocycles. The van der Waals surface area contributed by atoms with E-state index in [1.54, 1.807) is 6.07 Å². The second kappa shape index (κ2) is 8.09. The molecule has 0 heterocycles. The van der Waals surface area contributed by atoms with Crippen LogP contribution in [0.15, 0.2) is 22.7 Å². The average molecular weight is 358 g/mol. The standard InChI is InChI=1S/C14H20BrN3O3/c1-4-10(2)17(3)8-7-16-14(19)11-5-6-12(15)13(9-11)18(20)21/h5-6,9-10H,4,7-8H2,1-3H3,(H,16,19). The van der Waals surface area contributed by atoms with E-state index in [1.807, 2.05) is 7.05 Å². The van der Waals surface area contributed by atoms with Crippen molar-refractivity contribution in [3.05, 3.63) is 38.3 Å². The highest BCUT2D eigenvalue weighted by molar-refractivity contribution is 9.10. The Morgan fingerprint density at radius 1 is 1.52 bits per heavy atom. The summed E-state index contributed by atoms with van der Waals surface area (Å²) >= 11 is 3.10. The zero-order valence-corrected chi connectivity index (χ0v) is 14.0. The number of halogens is 1. The summed E-state index contributed by atoms with van der Waals surface area (Å²) in [5.41, 5.74) is 0.176. The fourth-order valence-electron chi connectivity index (χ4n) is 1.77. The first-order valence-corrected chi connectivity index (χ1v) is 7.58. The fraction of sp³-hybridized carbons (Fsp3) is 0.500. The van der Waals surface area contributed by atoms with Crippen LogP contribution in [0.2, 0.25) is 0 Å². The van der Waals surface area contributed by atoms with E-state index in [0.29, 0.717) is 17.1 Å². The first-order valence-electron chi connectivity index (χ1n) is 6.79. The van der Waals surface area contributed by atoms with Crippen LogP contribution in [-0.4, -0.2) is 41.9 Å². The topological polar surface area (TPSA) is 75.5 Å². The Morgan fingerprint density at radius 3 is 2.76 bits per heavy atom. The van der Waals surface area contributed by atoms with Crippen LogP contribution < -0.4 is 5.32 Å². The Kier molecular flexibility index (Phi) is 6.77. The van der Waals surface area contributed by atoms with Crippen LogP contribution in [0.1, 0.15) is 30.6 Å². The second-order valence-electron chi connectivity index (χ2n) is 4.92. The Labute approximate surface area is 132 Å². The number of nitrogens with zero attached hydrogens (tertiary/aromatic N) is 2. The van der Waals surface area contributed by atoms with Gasteiger partial charge >= 0.3 is 0 Å². The molecular formula is C14H20BrN3O3. The largest absolute Gasteiger partial charge is 0.351 e. The molecule has 1 aromatic rings. The molecule has 0 aliphatic carbocycles. The van der Waals surface area contributed by atoms with Gasteiger partial charge in [-0.2, -0.15) is 0 Å². The summed E-state index contributed by atoms with van der Waals surface area (Å²) in [7, 11) is 2.00. The number of likely N-dealkylation sites (N-methyl/N-ethyl adjacent to an activating group) is 1. The molecule has 0 aliphatic rings. The van der Waals surface area contributed by atoms with Gasteiger partial charge in [0.15, 0.2) is 0 Å². The van der Waals surface area contributed by atoms with Crippen LogP contribution in [-0.2, 0) is 0 Å². The highest BCUT2D eigenvalue weighted by atomic mass is 79.9. The summed E-state index contributed by atoms with van der Waals surface area (Å²) in [6, 6.07) is 4.80. The molecule has 1 atom stereocenters. The van der Waals surface area contributed by atoms with E-state index in [1.165, 1.54) is 12.1 Å². The Balaban J connectivity index is 2.60. The van der Waals surface area contributed by atoms with Crippen molar-refractivity contribution < 1.29 is 9.72 Å². The fourth-order valence-corrected chi connectivity index (χ4v) is 2.17. The molecule has 0 aromatic heterocycles. The normalized spacial score (nSPS) is 12.2. The highest BCUT2D eigenvalue weighted by Crippen LogP contribution is 2.25. The summed E-state index contributed by atoms with van der Waals surface area (Å²) in [5.74, 6) is -0.303. The number of carbonyl (C=O) groups excluding carboxylic acids is 1. The number of hydrogen-bond acceptors (Lipinski definition) is 4. The predicted octanol–water partition coefficient (Wildman–Crippen LogP) is 2.82. The second-order valence-corrected chi connectivity index (χ2v) is 5.77. The first kappa shape index (κ1) is 17.6. The molecule has 0 fully saturated rings. The molecule has 21 heavy (non-hydrogen) atoms. The molecule has 0 bridgehead atoms. The molecule has 6 nitrogen and oxygen atoms in total. The molecular weight excluding hydrogens is 338 g/mol. The van der Waals surface area contributed by atoms with E-state index in [2.05, 4.69) is 40.0 Å². The third-order valence-corrected chi connectivity index (χ3v) is 4.17. The van der Waals surface area contributed by atoms with Gasteiger partial charge in [-0.15, -0.1) is 0 Å². The number of carbonyl (C=O) groups is 1. The van der Waals surface area contributed by atoms with Crippen LogP contribution >= 0.6 is 15.9 Å². The number of hydrogen-bond donors (Lipinski definition) is 1. The smallest absolute Gasteiger partial charge is 0.284 e. The number of benzene rings is 1. The van der Waals surface area contributed by atoms with Gasteiger partial charge in [0.1, 0.15) is 0 Å². The van der Waals surface area contributed by atoms with Gasteiger partial charge < -0.3 is 10.2 Å². The Bertz CT molecular complexity index is 522. The first-order chi connectivity index (χ1) is 9.86. The van der Waals surface area contributed by atoms with Gasteiger partial charge in [-0.1, -0.05) is 6.92 Å². The van der Waals surface area contributed by atoms with E-state index in [9.17, 15) is 14.9 Å². The quantitative estimate of drug-likeness (QED) is 0.601. The molecule has 0 spiro atoms. The van der Waals surface area contributed by atoms with Crippen molar-refractivity contribution in [1.29, 1.82) is 0 Å². The lowest BCUT2D eigenvalue weighted by atomic mass is 10.2. The van der Waals surface area contributed by atoms with E-state index >= 15 is 0 Å². The number of nitrogens with one attached hydrogen (secondary N) is 1. The number of amides is 1. The summed E-state index contributed by atoms with van der Waals surface area (Å²) in [6.07, 6.45) is 1.04. The summed E-state index contributed by atoms with van der Waals surface area (Å²) in [4.78, 5) is 24.5. The molecule has 1 N–H and O–H groups in total. The summed E-state index contributed by atoms with van der Waals surface area (Å²) in [5, 5.41) is 13.6. The van der Waals surface area contributed by atoms with Gasteiger partial charge in [0.25, 0.3) is 11.6 Å². The van der Waals surface area contributed by atoms with Crippen LogP contribution in [0.4, 0.5) is 5.69 Å². The van der Waals surface area contributed by atoms with Crippen molar-refractivity contribution in [1.82, 2.24) is 10.2 Å². The lowest BCUT2D eigenvalue weighted by Crippen LogP contribution is -2.37. The van der Waals surface area contributed by atoms with Crippen LogP contribution in [0.25, 0.3) is 0 Å². The molecule has 116 valence electrons. The van der Waals surface area contributed by atoms with Gasteiger partial charge in [0.05, 0.1) is 9.40 Å². The van der Waals surface area contributed by atoms with Gasteiger partial charge in [0.2, 0.25) is 0 Å². The summed E-state index contributed by atoms with van der Waals surface area (Å²) in [6.45, 7) is 5.48. The lowest BCUT2D eigenvalue weighted by molar-refractivity contribution is -0.385. The van der Waals surface area contributed by atoms with Crippen molar-refractivity contribution in [2.24, 2.45) is 0 Å². The van der Waals surface area contributed by atoms with Crippen molar-refractivity contribution in [3.63, 3.8) is 0 Å². The van der Waals surface area contributed by atoms with Crippen LogP contribution in [0.5, 0.6) is 0 Å². The molecule has 7 heteroatoms. The van der Waals surface area contributed by atoms with E-state index in [4.69, 9.17) is 0 Å². The molecule has 1 rings (SSSR count). The number of nitro benzene ring substituents is 1. The zero-order chi connectivity index (χ0) is 16.0. The average Bonchev–Trinajstić information content (AvgIpc) is 2.46. The molecule has 1 amide bonds. The van der Waals surface area contributed by atoms with Crippen molar-refractivity contribution in [2.45, 2.75) is 26.3 Å².